The molecule has 3 heterocycles. The molecule has 1 unspecified atom stereocenters. The third kappa shape index (κ3) is 4.03. The normalized spacial score (nSPS) is 25.4. The van der Waals surface area contributed by atoms with Gasteiger partial charge in [-0.1, -0.05) is 11.6 Å². The Morgan fingerprint density at radius 1 is 1.37 bits per heavy atom. The number of thiazole rings is 1. The Morgan fingerprint density at radius 2 is 2.16 bits per heavy atom. The first-order chi connectivity index (χ1) is 8.81. The van der Waals surface area contributed by atoms with Crippen molar-refractivity contribution in [1.82, 2.24) is 20.1 Å². The standard InChI is InChI=1S/C12H19ClN4S.ClH/c13-11-8-15-12(18-11)9-16-3-5-17(6-4-16)10-1-2-14-7-10;/h8,10,14H,1-7,9H2;1H. The number of nitrogens with zero attached hydrogens (tertiary/aromatic N) is 3. The summed E-state index contributed by atoms with van der Waals surface area (Å²) in [6.45, 7) is 7.97. The third-order valence-corrected chi connectivity index (χ3v) is 4.94. The van der Waals surface area contributed by atoms with Crippen molar-refractivity contribution in [3.63, 3.8) is 0 Å². The van der Waals surface area contributed by atoms with E-state index in [0.29, 0.717) is 0 Å². The van der Waals surface area contributed by atoms with Crippen molar-refractivity contribution in [3.8, 4) is 0 Å². The van der Waals surface area contributed by atoms with E-state index in [-0.39, 0.29) is 12.4 Å². The van der Waals surface area contributed by atoms with Crippen LogP contribution in [0.15, 0.2) is 6.20 Å². The van der Waals surface area contributed by atoms with Crippen molar-refractivity contribution in [1.29, 1.82) is 0 Å². The van der Waals surface area contributed by atoms with Crippen LogP contribution >= 0.6 is 35.3 Å². The molecule has 1 atom stereocenters. The zero-order valence-corrected chi connectivity index (χ0v) is 13.2. The van der Waals surface area contributed by atoms with Gasteiger partial charge in [0.05, 0.1) is 12.7 Å². The van der Waals surface area contributed by atoms with E-state index in [1.807, 2.05) is 0 Å². The van der Waals surface area contributed by atoms with E-state index in [1.165, 1.54) is 32.6 Å². The minimum atomic E-state index is 0. The maximum Gasteiger partial charge on any atom is 0.113 e. The fourth-order valence-electron chi connectivity index (χ4n) is 2.79. The lowest BCUT2D eigenvalue weighted by Gasteiger charge is -2.37. The summed E-state index contributed by atoms with van der Waals surface area (Å²) in [6, 6.07) is 0.765. The zero-order chi connectivity index (χ0) is 12.4. The van der Waals surface area contributed by atoms with Gasteiger partial charge in [0.1, 0.15) is 9.34 Å². The molecule has 0 aliphatic carbocycles. The van der Waals surface area contributed by atoms with Gasteiger partial charge in [-0.2, -0.15) is 0 Å². The van der Waals surface area contributed by atoms with E-state index in [9.17, 15) is 0 Å². The molecule has 0 amide bonds. The summed E-state index contributed by atoms with van der Waals surface area (Å²) >= 11 is 7.51. The van der Waals surface area contributed by atoms with Gasteiger partial charge in [-0.15, -0.1) is 23.7 Å². The molecule has 7 heteroatoms. The highest BCUT2D eigenvalue weighted by Crippen LogP contribution is 2.20. The van der Waals surface area contributed by atoms with E-state index >= 15 is 0 Å². The third-order valence-electron chi connectivity index (χ3n) is 3.84. The molecule has 108 valence electrons. The topological polar surface area (TPSA) is 31.4 Å². The van der Waals surface area contributed by atoms with Gasteiger partial charge >= 0.3 is 0 Å². The van der Waals surface area contributed by atoms with Crippen molar-refractivity contribution in [2.45, 2.75) is 19.0 Å². The Kier molecular flexibility index (Phi) is 5.87. The average molecular weight is 323 g/mol. The number of aromatic nitrogens is 1. The molecule has 0 radical (unpaired) electrons. The minimum absolute atomic E-state index is 0. The molecule has 2 saturated heterocycles. The molecular formula is C12H20Cl2N4S. The van der Waals surface area contributed by atoms with Crippen LogP contribution in [0.3, 0.4) is 0 Å². The number of piperazine rings is 1. The minimum Gasteiger partial charge on any atom is -0.315 e. The molecule has 2 aliphatic rings. The Morgan fingerprint density at radius 3 is 2.74 bits per heavy atom. The maximum atomic E-state index is 5.91. The van der Waals surface area contributed by atoms with Crippen molar-refractivity contribution in [2.24, 2.45) is 0 Å². The summed E-state index contributed by atoms with van der Waals surface area (Å²) < 4.78 is 0.792. The fourth-order valence-corrected chi connectivity index (χ4v) is 3.79. The number of rotatable bonds is 3. The molecule has 3 rings (SSSR count). The first-order valence-electron chi connectivity index (χ1n) is 6.58. The molecule has 2 fully saturated rings. The summed E-state index contributed by atoms with van der Waals surface area (Å²) in [7, 11) is 0. The smallest absolute Gasteiger partial charge is 0.113 e. The van der Waals surface area contributed by atoms with Crippen LogP contribution in [-0.2, 0) is 6.54 Å². The van der Waals surface area contributed by atoms with Gasteiger partial charge in [0, 0.05) is 38.8 Å². The molecule has 0 bridgehead atoms. The van der Waals surface area contributed by atoms with Crippen molar-refractivity contribution < 1.29 is 0 Å². The molecule has 1 N–H and O–H groups in total. The van der Waals surface area contributed by atoms with Gasteiger partial charge in [0.2, 0.25) is 0 Å². The Bertz CT molecular complexity index is 387. The van der Waals surface area contributed by atoms with Gasteiger partial charge in [-0.05, 0) is 13.0 Å². The van der Waals surface area contributed by atoms with Crippen LogP contribution in [0.2, 0.25) is 4.34 Å². The Balaban J connectivity index is 0.00000133. The summed E-state index contributed by atoms with van der Waals surface area (Å²) in [4.78, 5) is 9.44. The molecule has 0 aromatic carbocycles. The second kappa shape index (κ2) is 7.20. The maximum absolute atomic E-state index is 5.91. The van der Waals surface area contributed by atoms with E-state index in [1.54, 1.807) is 17.5 Å². The molecule has 1 aromatic heterocycles. The van der Waals surface area contributed by atoms with Gasteiger partial charge < -0.3 is 5.32 Å². The molecule has 19 heavy (non-hydrogen) atoms. The second-order valence-corrected chi connectivity index (χ2v) is 6.76. The van der Waals surface area contributed by atoms with Crippen molar-refractivity contribution in [2.75, 3.05) is 39.3 Å². The summed E-state index contributed by atoms with van der Waals surface area (Å²) in [5.74, 6) is 0. The first-order valence-corrected chi connectivity index (χ1v) is 7.78. The lowest BCUT2D eigenvalue weighted by molar-refractivity contribution is 0.0981. The monoisotopic (exact) mass is 322 g/mol. The van der Waals surface area contributed by atoms with Crippen LogP contribution < -0.4 is 5.32 Å². The van der Waals surface area contributed by atoms with E-state index < -0.39 is 0 Å². The molecule has 4 nitrogen and oxygen atoms in total. The Hall–Kier alpha value is 0.0900. The molecule has 2 aliphatic heterocycles. The van der Waals surface area contributed by atoms with Crippen LogP contribution in [0.1, 0.15) is 11.4 Å². The summed E-state index contributed by atoms with van der Waals surface area (Å²) in [6.07, 6.45) is 3.06. The second-order valence-electron chi connectivity index (χ2n) is 5.02. The van der Waals surface area contributed by atoms with Gasteiger partial charge in [0.15, 0.2) is 0 Å². The van der Waals surface area contributed by atoms with Crippen LogP contribution in [0.4, 0.5) is 0 Å². The number of hydrogen-bond donors (Lipinski definition) is 1. The van der Waals surface area contributed by atoms with Crippen LogP contribution in [-0.4, -0.2) is 60.1 Å². The largest absolute Gasteiger partial charge is 0.315 e. The van der Waals surface area contributed by atoms with Gasteiger partial charge in [-0.3, -0.25) is 9.80 Å². The number of nitrogens with one attached hydrogen (secondary N) is 1. The van der Waals surface area contributed by atoms with E-state index in [4.69, 9.17) is 11.6 Å². The molecule has 0 saturated carbocycles. The summed E-state index contributed by atoms with van der Waals surface area (Å²) in [5.41, 5.74) is 0. The fraction of sp³-hybridized carbons (Fsp3) is 0.750. The SMILES string of the molecule is Cl.Clc1cnc(CN2CCN(C3CCNC3)CC2)s1. The predicted octanol–water partition coefficient (Wildman–Crippen LogP) is 1.70. The lowest BCUT2D eigenvalue weighted by Crippen LogP contribution is -2.50. The van der Waals surface area contributed by atoms with Crippen LogP contribution in [0.5, 0.6) is 0 Å². The van der Waals surface area contributed by atoms with Crippen molar-refractivity contribution >= 4 is 35.3 Å². The van der Waals surface area contributed by atoms with Gasteiger partial charge in [0.25, 0.3) is 0 Å². The van der Waals surface area contributed by atoms with Crippen LogP contribution in [0.25, 0.3) is 0 Å². The molecule has 1 aromatic rings. The molecular weight excluding hydrogens is 303 g/mol. The first kappa shape index (κ1) is 15.5. The highest BCUT2D eigenvalue weighted by molar-refractivity contribution is 7.15. The van der Waals surface area contributed by atoms with Crippen molar-refractivity contribution in [3.05, 3.63) is 15.5 Å². The molecule has 0 spiro atoms. The quantitative estimate of drug-likeness (QED) is 0.917. The lowest BCUT2D eigenvalue weighted by atomic mass is 10.2. The van der Waals surface area contributed by atoms with Crippen LogP contribution in [0, 0.1) is 0 Å². The predicted molar refractivity (Wildman–Crippen MR) is 82.5 cm³/mol. The van der Waals surface area contributed by atoms with E-state index in [0.717, 1.165) is 35.0 Å². The van der Waals surface area contributed by atoms with Gasteiger partial charge in [-0.25, -0.2) is 4.98 Å². The number of halogens is 2. The highest BCUT2D eigenvalue weighted by atomic mass is 35.5. The van der Waals surface area contributed by atoms with E-state index in [2.05, 4.69) is 20.1 Å². The zero-order valence-electron chi connectivity index (χ0n) is 10.8. The highest BCUT2D eigenvalue weighted by Gasteiger charge is 2.26. The Labute approximate surface area is 129 Å². The number of hydrogen-bond acceptors (Lipinski definition) is 5. The average Bonchev–Trinajstić information content (AvgIpc) is 3.02. The summed E-state index contributed by atoms with van der Waals surface area (Å²) in [5, 5.41) is 4.58.